The van der Waals surface area contributed by atoms with Gasteiger partial charge in [0.25, 0.3) is 0 Å². The van der Waals surface area contributed by atoms with E-state index in [0.29, 0.717) is 12.5 Å². The molecule has 3 heteroatoms. The molecule has 1 amide bonds. The second-order valence-electron chi connectivity index (χ2n) is 4.68. The second-order valence-corrected chi connectivity index (χ2v) is 4.68. The molecule has 0 saturated heterocycles. The summed E-state index contributed by atoms with van der Waals surface area (Å²) in [4.78, 5) is 13.8. The smallest absolute Gasteiger partial charge is 0.239 e. The summed E-state index contributed by atoms with van der Waals surface area (Å²) in [5.74, 6) is -0.440. The topological polar surface area (TPSA) is 44.1 Å². The van der Waals surface area contributed by atoms with E-state index < -0.39 is 5.92 Å². The van der Waals surface area contributed by atoms with Crippen molar-refractivity contribution >= 4 is 5.91 Å². The van der Waals surface area contributed by atoms with Gasteiger partial charge < -0.3 is 4.90 Å². The van der Waals surface area contributed by atoms with Gasteiger partial charge in [-0.15, -0.1) is 0 Å². The number of hydrogen-bond acceptors (Lipinski definition) is 2. The van der Waals surface area contributed by atoms with Gasteiger partial charge in [0.05, 0.1) is 6.07 Å². The Balaban J connectivity index is 2.57. The van der Waals surface area contributed by atoms with Crippen LogP contribution < -0.4 is 0 Å². The maximum atomic E-state index is 12.0. The summed E-state index contributed by atoms with van der Waals surface area (Å²) in [6, 6.07) is 2.45. The third kappa shape index (κ3) is 3.23. The molecule has 0 aromatic carbocycles. The van der Waals surface area contributed by atoms with Crippen molar-refractivity contribution in [2.75, 3.05) is 7.05 Å². The number of hydrogen-bond donors (Lipinski definition) is 0. The molecule has 0 aliphatic heterocycles. The summed E-state index contributed by atoms with van der Waals surface area (Å²) in [7, 11) is 1.86. The maximum Gasteiger partial charge on any atom is 0.239 e. The van der Waals surface area contributed by atoms with Crippen LogP contribution in [-0.4, -0.2) is 23.9 Å². The molecule has 1 aliphatic carbocycles. The highest BCUT2D eigenvalue weighted by atomic mass is 16.2. The van der Waals surface area contributed by atoms with Gasteiger partial charge >= 0.3 is 0 Å². The largest absolute Gasteiger partial charge is 0.342 e. The van der Waals surface area contributed by atoms with E-state index in [1.54, 1.807) is 0 Å². The van der Waals surface area contributed by atoms with Gasteiger partial charge in [0.2, 0.25) is 5.91 Å². The van der Waals surface area contributed by atoms with Gasteiger partial charge in [-0.25, -0.2) is 0 Å². The molecule has 3 nitrogen and oxygen atoms in total. The fourth-order valence-electron chi connectivity index (χ4n) is 2.39. The normalized spacial score (nSPS) is 19.6. The van der Waals surface area contributed by atoms with Crippen LogP contribution in [-0.2, 0) is 4.79 Å². The number of carbonyl (C=O) groups is 1. The standard InChI is InChI=1S/C13H22N2O/c1-3-11(10-14)13(16)15(2)12-8-6-4-5-7-9-12/h11-12H,3-9H2,1-2H3. The third-order valence-electron chi connectivity index (χ3n) is 3.58. The summed E-state index contributed by atoms with van der Waals surface area (Å²) >= 11 is 0. The molecular formula is C13H22N2O. The first-order valence-electron chi connectivity index (χ1n) is 6.37. The van der Waals surface area contributed by atoms with Crippen molar-refractivity contribution in [3.05, 3.63) is 0 Å². The van der Waals surface area contributed by atoms with Crippen LogP contribution in [0.15, 0.2) is 0 Å². The number of nitrogens with zero attached hydrogens (tertiary/aromatic N) is 2. The first-order chi connectivity index (χ1) is 7.70. The van der Waals surface area contributed by atoms with Crippen LogP contribution in [0.1, 0.15) is 51.9 Å². The Bertz CT molecular complexity index is 262. The summed E-state index contributed by atoms with van der Waals surface area (Å²) in [5.41, 5.74) is 0. The maximum absolute atomic E-state index is 12.0. The van der Waals surface area contributed by atoms with E-state index in [1.165, 1.54) is 25.7 Å². The molecule has 0 N–H and O–H groups in total. The SMILES string of the molecule is CCC(C#N)C(=O)N(C)C1CCCCCC1. The van der Waals surface area contributed by atoms with Crippen LogP contribution in [0.5, 0.6) is 0 Å². The fraction of sp³-hybridized carbons (Fsp3) is 0.846. The van der Waals surface area contributed by atoms with Gasteiger partial charge in [0.1, 0.15) is 5.92 Å². The Kier molecular flexibility index (Phi) is 5.31. The molecule has 0 aromatic rings. The van der Waals surface area contributed by atoms with Crippen LogP contribution in [0.4, 0.5) is 0 Å². The van der Waals surface area contributed by atoms with Crippen molar-refractivity contribution in [3.8, 4) is 6.07 Å². The quantitative estimate of drug-likeness (QED) is 0.689. The van der Waals surface area contributed by atoms with Crippen LogP contribution >= 0.6 is 0 Å². The lowest BCUT2D eigenvalue weighted by molar-refractivity contribution is -0.134. The van der Waals surface area contributed by atoms with Gasteiger partial charge in [-0.1, -0.05) is 32.6 Å². The lowest BCUT2D eigenvalue weighted by Gasteiger charge is -2.28. The molecule has 0 heterocycles. The molecule has 1 aliphatic rings. The predicted molar refractivity (Wildman–Crippen MR) is 63.7 cm³/mol. The predicted octanol–water partition coefficient (Wildman–Crippen LogP) is 2.72. The minimum absolute atomic E-state index is 0.0110. The summed E-state index contributed by atoms with van der Waals surface area (Å²) in [6.45, 7) is 1.90. The zero-order valence-corrected chi connectivity index (χ0v) is 10.4. The molecular weight excluding hydrogens is 200 g/mol. The van der Waals surface area contributed by atoms with Gasteiger partial charge in [0.15, 0.2) is 0 Å². The lowest BCUT2D eigenvalue weighted by atomic mass is 10.0. The average molecular weight is 222 g/mol. The van der Waals surface area contributed by atoms with Gasteiger partial charge in [-0.2, -0.15) is 5.26 Å². The van der Waals surface area contributed by atoms with E-state index in [4.69, 9.17) is 5.26 Å². The van der Waals surface area contributed by atoms with Crippen LogP contribution in [0.25, 0.3) is 0 Å². The summed E-state index contributed by atoms with van der Waals surface area (Å²) in [5, 5.41) is 8.90. The molecule has 0 spiro atoms. The van der Waals surface area contributed by atoms with Crippen molar-refractivity contribution in [3.63, 3.8) is 0 Å². The monoisotopic (exact) mass is 222 g/mol. The average Bonchev–Trinajstić information content (AvgIpc) is 2.58. The Hall–Kier alpha value is -1.04. The highest BCUT2D eigenvalue weighted by Crippen LogP contribution is 2.22. The third-order valence-corrected chi connectivity index (χ3v) is 3.58. The van der Waals surface area contributed by atoms with Crippen LogP contribution in [0.2, 0.25) is 0 Å². The zero-order valence-electron chi connectivity index (χ0n) is 10.4. The van der Waals surface area contributed by atoms with Crippen molar-refractivity contribution in [2.45, 2.75) is 57.9 Å². The molecule has 1 rings (SSSR count). The number of carbonyl (C=O) groups excluding carboxylic acids is 1. The first-order valence-corrected chi connectivity index (χ1v) is 6.37. The van der Waals surface area contributed by atoms with E-state index in [9.17, 15) is 4.79 Å². The molecule has 1 fully saturated rings. The molecule has 0 radical (unpaired) electrons. The van der Waals surface area contributed by atoms with E-state index in [1.807, 2.05) is 18.9 Å². The van der Waals surface area contributed by atoms with Crippen molar-refractivity contribution in [1.29, 1.82) is 5.26 Å². The molecule has 0 bridgehead atoms. The second kappa shape index (κ2) is 6.52. The zero-order chi connectivity index (χ0) is 12.0. The number of amides is 1. The highest BCUT2D eigenvalue weighted by molar-refractivity contribution is 5.81. The molecule has 1 saturated carbocycles. The van der Waals surface area contributed by atoms with Crippen molar-refractivity contribution in [2.24, 2.45) is 5.92 Å². The minimum atomic E-state index is -0.451. The number of nitriles is 1. The van der Waals surface area contributed by atoms with Crippen molar-refractivity contribution < 1.29 is 4.79 Å². The molecule has 0 aromatic heterocycles. The summed E-state index contributed by atoms with van der Waals surface area (Å²) < 4.78 is 0. The fourth-order valence-corrected chi connectivity index (χ4v) is 2.39. The van der Waals surface area contributed by atoms with E-state index in [0.717, 1.165) is 12.8 Å². The highest BCUT2D eigenvalue weighted by Gasteiger charge is 2.26. The van der Waals surface area contributed by atoms with E-state index in [2.05, 4.69) is 6.07 Å². The summed E-state index contributed by atoms with van der Waals surface area (Å²) in [6.07, 6.45) is 7.82. The van der Waals surface area contributed by atoms with E-state index >= 15 is 0 Å². The Morgan fingerprint density at radius 2 is 1.94 bits per heavy atom. The molecule has 90 valence electrons. The lowest BCUT2D eigenvalue weighted by Crippen LogP contribution is -2.40. The molecule has 1 unspecified atom stereocenters. The first kappa shape index (κ1) is 13.0. The van der Waals surface area contributed by atoms with Gasteiger partial charge in [0, 0.05) is 13.1 Å². The molecule has 1 atom stereocenters. The van der Waals surface area contributed by atoms with Crippen LogP contribution in [0, 0.1) is 17.2 Å². The molecule has 16 heavy (non-hydrogen) atoms. The van der Waals surface area contributed by atoms with Gasteiger partial charge in [-0.3, -0.25) is 4.79 Å². The van der Waals surface area contributed by atoms with Crippen molar-refractivity contribution in [1.82, 2.24) is 4.90 Å². The van der Waals surface area contributed by atoms with E-state index in [-0.39, 0.29) is 5.91 Å². The Morgan fingerprint density at radius 3 is 2.38 bits per heavy atom. The number of rotatable bonds is 3. The Morgan fingerprint density at radius 1 is 1.38 bits per heavy atom. The Labute approximate surface area is 98.4 Å². The minimum Gasteiger partial charge on any atom is -0.342 e. The van der Waals surface area contributed by atoms with Crippen LogP contribution in [0.3, 0.4) is 0 Å². The van der Waals surface area contributed by atoms with Gasteiger partial charge in [-0.05, 0) is 19.3 Å².